The number of amides is 2. The molecule has 2 amide bonds. The first-order valence-corrected chi connectivity index (χ1v) is 9.56. The fourth-order valence-corrected chi connectivity index (χ4v) is 3.05. The zero-order valence-electron chi connectivity index (χ0n) is 15.9. The third-order valence-corrected chi connectivity index (χ3v) is 5.07. The van der Waals surface area contributed by atoms with Crippen LogP contribution in [0.3, 0.4) is 0 Å². The van der Waals surface area contributed by atoms with E-state index in [4.69, 9.17) is 0 Å². The molecule has 0 saturated heterocycles. The van der Waals surface area contributed by atoms with Crippen molar-refractivity contribution in [3.8, 4) is 0 Å². The van der Waals surface area contributed by atoms with E-state index in [9.17, 15) is 9.59 Å². The molecule has 0 bridgehead atoms. The van der Waals surface area contributed by atoms with Gasteiger partial charge in [-0.2, -0.15) is 0 Å². The molecule has 1 fully saturated rings. The molecule has 0 heterocycles. The molecule has 0 spiro atoms. The van der Waals surface area contributed by atoms with Gasteiger partial charge >= 0.3 is 0 Å². The van der Waals surface area contributed by atoms with E-state index in [1.54, 1.807) is 0 Å². The highest BCUT2D eigenvalue weighted by Gasteiger charge is 2.29. The Morgan fingerprint density at radius 1 is 1.00 bits per heavy atom. The van der Waals surface area contributed by atoms with Gasteiger partial charge in [0, 0.05) is 6.04 Å². The van der Waals surface area contributed by atoms with Crippen LogP contribution in [0.25, 0.3) is 0 Å². The first kappa shape index (κ1) is 19.1. The number of carbonyl (C=O) groups is 2. The zero-order chi connectivity index (χ0) is 19.2. The first-order chi connectivity index (χ1) is 13.0. The highest BCUT2D eigenvalue weighted by atomic mass is 16.2. The van der Waals surface area contributed by atoms with E-state index in [2.05, 4.69) is 10.6 Å². The van der Waals surface area contributed by atoms with E-state index in [1.807, 2.05) is 74.6 Å². The molecule has 5 nitrogen and oxygen atoms in total. The van der Waals surface area contributed by atoms with Gasteiger partial charge < -0.3 is 15.5 Å². The highest BCUT2D eigenvalue weighted by molar-refractivity contribution is 5.82. The third kappa shape index (κ3) is 5.41. The van der Waals surface area contributed by atoms with Crippen molar-refractivity contribution in [3.63, 3.8) is 0 Å². The molecule has 2 aromatic rings. The summed E-state index contributed by atoms with van der Waals surface area (Å²) >= 11 is 0. The molecule has 1 aliphatic rings. The Balaban J connectivity index is 1.67. The Morgan fingerprint density at radius 3 is 2.00 bits per heavy atom. The summed E-state index contributed by atoms with van der Waals surface area (Å²) in [5.74, 6) is -0.0539. The molecule has 0 radical (unpaired) electrons. The standard InChI is InChI=1S/C22H27N3O2/c1-16(25(2)15-20(26)23-19-13-14-19)22(27)24-21(17-9-5-3-6-10-17)18-11-7-4-8-12-18/h3-12,16,19,21H,13-15H2,1-2H3,(H,23,26)(H,24,27)/p+1/t16-/m0/s1. The number of hydrogen-bond donors (Lipinski definition) is 3. The molecule has 2 atom stereocenters. The molecule has 0 aliphatic heterocycles. The monoisotopic (exact) mass is 366 g/mol. The second kappa shape index (κ2) is 8.82. The van der Waals surface area contributed by atoms with Gasteiger partial charge in [0.2, 0.25) is 0 Å². The van der Waals surface area contributed by atoms with Gasteiger partial charge in [-0.05, 0) is 30.9 Å². The predicted molar refractivity (Wildman–Crippen MR) is 105 cm³/mol. The summed E-state index contributed by atoms with van der Waals surface area (Å²) in [7, 11) is 1.89. The topological polar surface area (TPSA) is 62.6 Å². The molecular formula is C22H28N3O2+. The summed E-state index contributed by atoms with van der Waals surface area (Å²) in [6.07, 6.45) is 2.13. The number of nitrogens with one attached hydrogen (secondary N) is 3. The van der Waals surface area contributed by atoms with E-state index in [-0.39, 0.29) is 23.9 Å². The molecule has 3 N–H and O–H groups in total. The Bertz CT molecular complexity index is 720. The van der Waals surface area contributed by atoms with E-state index in [1.165, 1.54) is 0 Å². The second-order valence-electron chi connectivity index (χ2n) is 7.35. The van der Waals surface area contributed by atoms with Crippen LogP contribution in [0.1, 0.15) is 36.9 Å². The molecule has 1 aliphatic carbocycles. The van der Waals surface area contributed by atoms with Crippen LogP contribution in [0.4, 0.5) is 0 Å². The van der Waals surface area contributed by atoms with Crippen LogP contribution in [0, 0.1) is 0 Å². The van der Waals surface area contributed by atoms with Gasteiger partial charge in [0.15, 0.2) is 12.6 Å². The fourth-order valence-electron chi connectivity index (χ4n) is 3.05. The van der Waals surface area contributed by atoms with Crippen LogP contribution in [0.15, 0.2) is 60.7 Å². The molecule has 2 aromatic carbocycles. The number of likely N-dealkylation sites (N-methyl/N-ethyl adjacent to an activating group) is 1. The highest BCUT2D eigenvalue weighted by Crippen LogP contribution is 2.21. The van der Waals surface area contributed by atoms with Gasteiger partial charge in [-0.1, -0.05) is 60.7 Å². The van der Waals surface area contributed by atoms with Gasteiger partial charge in [-0.3, -0.25) is 9.59 Å². The van der Waals surface area contributed by atoms with Crippen LogP contribution >= 0.6 is 0 Å². The minimum atomic E-state index is -0.329. The van der Waals surface area contributed by atoms with Crippen LogP contribution in [-0.2, 0) is 9.59 Å². The summed E-state index contributed by atoms with van der Waals surface area (Å²) < 4.78 is 0. The number of carbonyl (C=O) groups excluding carboxylic acids is 2. The van der Waals surface area contributed by atoms with Crippen LogP contribution in [0.2, 0.25) is 0 Å². The van der Waals surface area contributed by atoms with Crippen molar-refractivity contribution in [1.29, 1.82) is 0 Å². The van der Waals surface area contributed by atoms with Crippen molar-refractivity contribution < 1.29 is 14.5 Å². The van der Waals surface area contributed by atoms with E-state index < -0.39 is 0 Å². The van der Waals surface area contributed by atoms with Gasteiger partial charge in [0.05, 0.1) is 13.1 Å². The molecule has 1 unspecified atom stereocenters. The third-order valence-electron chi connectivity index (χ3n) is 5.07. The largest absolute Gasteiger partial charge is 0.348 e. The smallest absolute Gasteiger partial charge is 0.278 e. The van der Waals surface area contributed by atoms with Gasteiger partial charge in [-0.15, -0.1) is 0 Å². The minimum absolute atomic E-state index is 0.0114. The van der Waals surface area contributed by atoms with Crippen molar-refractivity contribution in [2.45, 2.75) is 37.9 Å². The molecule has 0 aromatic heterocycles. The maximum absolute atomic E-state index is 12.9. The molecule has 27 heavy (non-hydrogen) atoms. The molecule has 5 heteroatoms. The summed E-state index contributed by atoms with van der Waals surface area (Å²) in [6.45, 7) is 2.16. The van der Waals surface area contributed by atoms with Gasteiger partial charge in [0.1, 0.15) is 0 Å². The summed E-state index contributed by atoms with van der Waals surface area (Å²) in [4.78, 5) is 25.8. The SMILES string of the molecule is C[C@@H](C(=O)NC(c1ccccc1)c1ccccc1)[NH+](C)CC(=O)NC1CC1. The quantitative estimate of drug-likeness (QED) is 0.655. The van der Waals surface area contributed by atoms with Crippen molar-refractivity contribution in [2.75, 3.05) is 13.6 Å². The van der Waals surface area contributed by atoms with Gasteiger partial charge in [0.25, 0.3) is 11.8 Å². The summed E-state index contributed by atoms with van der Waals surface area (Å²) in [5.41, 5.74) is 2.07. The average molecular weight is 366 g/mol. The van der Waals surface area contributed by atoms with Crippen LogP contribution in [-0.4, -0.2) is 37.5 Å². The van der Waals surface area contributed by atoms with Crippen molar-refractivity contribution in [1.82, 2.24) is 10.6 Å². The number of benzene rings is 2. The fraction of sp³-hybridized carbons (Fsp3) is 0.364. The second-order valence-corrected chi connectivity index (χ2v) is 7.35. The van der Waals surface area contributed by atoms with Crippen LogP contribution < -0.4 is 15.5 Å². The maximum atomic E-state index is 12.9. The normalized spacial score (nSPS) is 15.8. The lowest BCUT2D eigenvalue weighted by atomic mass is 9.98. The lowest BCUT2D eigenvalue weighted by Gasteiger charge is -2.25. The van der Waals surface area contributed by atoms with Crippen LogP contribution in [0.5, 0.6) is 0 Å². The van der Waals surface area contributed by atoms with Crippen molar-refractivity contribution in [3.05, 3.63) is 71.8 Å². The van der Waals surface area contributed by atoms with Gasteiger partial charge in [-0.25, -0.2) is 0 Å². The Labute approximate surface area is 160 Å². The number of quaternary nitrogens is 1. The average Bonchev–Trinajstić information content (AvgIpc) is 3.50. The summed E-state index contributed by atoms with van der Waals surface area (Å²) in [6, 6.07) is 19.7. The van der Waals surface area contributed by atoms with Crippen molar-refractivity contribution >= 4 is 11.8 Å². The first-order valence-electron chi connectivity index (χ1n) is 9.56. The lowest BCUT2D eigenvalue weighted by molar-refractivity contribution is -0.886. The Hall–Kier alpha value is -2.66. The van der Waals surface area contributed by atoms with Crippen molar-refractivity contribution in [2.24, 2.45) is 0 Å². The minimum Gasteiger partial charge on any atom is -0.348 e. The molecule has 142 valence electrons. The number of rotatable bonds is 8. The van der Waals surface area contributed by atoms with E-state index in [0.717, 1.165) is 28.9 Å². The Morgan fingerprint density at radius 2 is 1.52 bits per heavy atom. The van der Waals surface area contributed by atoms with E-state index >= 15 is 0 Å². The zero-order valence-corrected chi connectivity index (χ0v) is 15.9. The molecule has 1 saturated carbocycles. The van der Waals surface area contributed by atoms with E-state index in [0.29, 0.717) is 12.6 Å². The number of hydrogen-bond acceptors (Lipinski definition) is 2. The maximum Gasteiger partial charge on any atom is 0.278 e. The lowest BCUT2D eigenvalue weighted by Crippen LogP contribution is -3.15. The summed E-state index contributed by atoms with van der Waals surface area (Å²) in [5, 5.41) is 6.14. The molecule has 3 rings (SSSR count). The predicted octanol–water partition coefficient (Wildman–Crippen LogP) is 1.07. The Kier molecular flexibility index (Phi) is 6.24. The molecular weight excluding hydrogens is 338 g/mol.